The number of ether oxygens (including phenoxy) is 1. The molecule has 1 N–H and O–H groups in total. The zero-order chi connectivity index (χ0) is 20.4. The molecular formula is C22H29NaO5S. The predicted molar refractivity (Wildman–Crippen MR) is 109 cm³/mol. The van der Waals surface area contributed by atoms with Crippen molar-refractivity contribution in [2.45, 2.75) is 69.6 Å². The van der Waals surface area contributed by atoms with Crippen LogP contribution in [0.4, 0.5) is 0 Å². The normalized spacial score (nSPS) is 11.1. The van der Waals surface area contributed by atoms with Crippen molar-refractivity contribution in [3.63, 3.8) is 0 Å². The quantitative estimate of drug-likeness (QED) is 0.319. The van der Waals surface area contributed by atoms with E-state index in [0.717, 1.165) is 19.3 Å². The van der Waals surface area contributed by atoms with E-state index in [0.29, 0.717) is 17.7 Å². The van der Waals surface area contributed by atoms with Gasteiger partial charge in [-0.3, -0.25) is 4.55 Å². The first-order valence-electron chi connectivity index (χ1n) is 9.96. The van der Waals surface area contributed by atoms with Crippen LogP contribution in [0.15, 0.2) is 47.4 Å². The molecule has 0 unspecified atom stereocenters. The summed E-state index contributed by atoms with van der Waals surface area (Å²) in [7, 11) is -4.69. The van der Waals surface area contributed by atoms with Crippen LogP contribution in [0.25, 0.3) is 0 Å². The molecule has 0 saturated carbocycles. The van der Waals surface area contributed by atoms with Crippen LogP contribution in [-0.4, -0.2) is 13.0 Å². The summed E-state index contributed by atoms with van der Waals surface area (Å²) >= 11 is 0. The molecule has 0 aromatic heterocycles. The molecule has 0 aliphatic heterocycles. The maximum atomic E-state index is 12.6. The van der Waals surface area contributed by atoms with Gasteiger partial charge < -0.3 is 9.84 Å². The Balaban J connectivity index is 0.00000420. The van der Waals surface area contributed by atoms with Gasteiger partial charge in [0.2, 0.25) is 0 Å². The van der Waals surface area contributed by atoms with E-state index in [9.17, 15) is 18.1 Å². The molecular weight excluding hydrogens is 399 g/mol. The summed E-state index contributed by atoms with van der Waals surface area (Å²) in [6.07, 6.45) is 9.59. The Kier molecular flexibility index (Phi) is 11.9. The number of hydrogen-bond acceptors (Lipinski definition) is 4. The molecule has 0 bridgehead atoms. The second kappa shape index (κ2) is 13.3. The fourth-order valence-corrected chi connectivity index (χ4v) is 3.90. The van der Waals surface area contributed by atoms with Crippen molar-refractivity contribution < 1.29 is 52.4 Å². The fraction of sp³-hybridized carbons (Fsp3) is 0.455. The summed E-state index contributed by atoms with van der Waals surface area (Å²) in [5, 5.41) is 12.6. The Labute approximate surface area is 196 Å². The van der Waals surface area contributed by atoms with Crippen LogP contribution in [0.3, 0.4) is 0 Å². The van der Waals surface area contributed by atoms with Crippen LogP contribution in [0, 0.1) is 0 Å². The van der Waals surface area contributed by atoms with E-state index >= 15 is 0 Å². The topological polar surface area (TPSA) is 86.7 Å². The first-order valence-corrected chi connectivity index (χ1v) is 11.4. The minimum atomic E-state index is -4.69. The van der Waals surface area contributed by atoms with Crippen LogP contribution in [0.5, 0.6) is 17.2 Å². The zero-order valence-corrected chi connectivity index (χ0v) is 20.2. The molecule has 2 aromatic rings. The van der Waals surface area contributed by atoms with Crippen molar-refractivity contribution >= 4 is 10.1 Å². The average molecular weight is 429 g/mol. The molecule has 5 nitrogen and oxygen atoms in total. The maximum absolute atomic E-state index is 12.6. The van der Waals surface area contributed by atoms with E-state index in [2.05, 4.69) is 6.92 Å². The second-order valence-corrected chi connectivity index (χ2v) is 8.35. The van der Waals surface area contributed by atoms with Crippen molar-refractivity contribution in [1.29, 1.82) is 0 Å². The van der Waals surface area contributed by atoms with Gasteiger partial charge in [-0.1, -0.05) is 87.4 Å². The summed E-state index contributed by atoms with van der Waals surface area (Å²) in [6.45, 7) is 2.19. The van der Waals surface area contributed by atoms with Gasteiger partial charge in [0.05, 0.1) is 0 Å². The number of para-hydroxylation sites is 1. The van der Waals surface area contributed by atoms with Crippen LogP contribution < -0.4 is 39.4 Å². The van der Waals surface area contributed by atoms with Crippen molar-refractivity contribution in [1.82, 2.24) is 0 Å². The molecule has 29 heavy (non-hydrogen) atoms. The summed E-state index contributed by atoms with van der Waals surface area (Å²) in [4.78, 5) is -0.687. The Bertz CT molecular complexity index is 838. The molecule has 7 heteroatoms. The molecule has 0 aliphatic rings. The van der Waals surface area contributed by atoms with Crippen molar-refractivity contribution in [3.05, 3.63) is 48.0 Å². The second-order valence-electron chi connectivity index (χ2n) is 7.00. The van der Waals surface area contributed by atoms with Crippen LogP contribution in [-0.2, 0) is 16.5 Å². The molecule has 0 saturated heterocycles. The third-order valence-electron chi connectivity index (χ3n) is 4.69. The first kappa shape index (κ1) is 26.0. The Morgan fingerprint density at radius 1 is 0.897 bits per heavy atom. The minimum absolute atomic E-state index is 0. The molecule has 0 aliphatic carbocycles. The third-order valence-corrected chi connectivity index (χ3v) is 5.59. The van der Waals surface area contributed by atoms with Gasteiger partial charge in [0, 0.05) is 0 Å². The Morgan fingerprint density at radius 2 is 1.48 bits per heavy atom. The Morgan fingerprint density at radius 3 is 2.07 bits per heavy atom. The third kappa shape index (κ3) is 8.69. The van der Waals surface area contributed by atoms with Gasteiger partial charge in [-0.05, 0) is 31.0 Å². The molecule has 0 fully saturated rings. The standard InChI is InChI=1S/C22H30O5S.Na/c1-2-3-4-5-6-7-8-10-13-18-16-17-20(22(21(18)23)28(24,25)26)27-19-14-11-9-12-15-19;/h9,11-12,14-17,23H,2-8,10,13H2,1H3,(H,24,25,26);/q;+1/p-1. The van der Waals surface area contributed by atoms with E-state index < -0.39 is 20.8 Å². The molecule has 0 radical (unpaired) electrons. The van der Waals surface area contributed by atoms with Crippen LogP contribution in [0.1, 0.15) is 63.9 Å². The molecule has 0 spiro atoms. The predicted octanol–water partition coefficient (Wildman–Crippen LogP) is 2.49. The van der Waals surface area contributed by atoms with E-state index in [4.69, 9.17) is 4.74 Å². The largest absolute Gasteiger partial charge is 1.00 e. The number of rotatable bonds is 12. The van der Waals surface area contributed by atoms with Gasteiger partial charge in [0.25, 0.3) is 10.1 Å². The van der Waals surface area contributed by atoms with Gasteiger partial charge in [-0.15, -0.1) is 0 Å². The van der Waals surface area contributed by atoms with Crippen molar-refractivity contribution in [3.8, 4) is 17.2 Å². The average Bonchev–Trinajstić information content (AvgIpc) is 2.65. The molecule has 2 aromatic carbocycles. The number of aryl methyl sites for hydroxylation is 1. The molecule has 0 heterocycles. The molecule has 154 valence electrons. The summed E-state index contributed by atoms with van der Waals surface area (Å²) in [5.74, 6) is -0.445. The number of benzene rings is 2. The minimum Gasteiger partial charge on any atom is -0.871 e. The van der Waals surface area contributed by atoms with E-state index in [1.165, 1.54) is 38.2 Å². The SMILES string of the molecule is CCCCCCCCCCc1ccc(Oc2ccccc2)c(S(=O)(=O)O)c1[O-].[Na+]. The van der Waals surface area contributed by atoms with Crippen LogP contribution >= 0.6 is 0 Å². The van der Waals surface area contributed by atoms with Crippen molar-refractivity contribution in [2.24, 2.45) is 0 Å². The van der Waals surface area contributed by atoms with Gasteiger partial charge in [0.15, 0.2) is 0 Å². The van der Waals surface area contributed by atoms with Crippen molar-refractivity contribution in [2.75, 3.05) is 0 Å². The molecule has 0 atom stereocenters. The van der Waals surface area contributed by atoms with E-state index in [1.807, 2.05) is 0 Å². The van der Waals surface area contributed by atoms with Gasteiger partial charge in [0.1, 0.15) is 16.4 Å². The smallest absolute Gasteiger partial charge is 0.871 e. The monoisotopic (exact) mass is 428 g/mol. The van der Waals surface area contributed by atoms with E-state index in [1.54, 1.807) is 36.4 Å². The summed E-state index contributed by atoms with van der Waals surface area (Å²) in [6, 6.07) is 11.6. The number of hydrogen-bond donors (Lipinski definition) is 1. The van der Waals surface area contributed by atoms with Gasteiger partial charge in [-0.2, -0.15) is 8.42 Å². The summed E-state index contributed by atoms with van der Waals surface area (Å²) in [5.41, 5.74) is 0.388. The van der Waals surface area contributed by atoms with Gasteiger partial charge >= 0.3 is 29.6 Å². The number of unbranched alkanes of at least 4 members (excludes halogenated alkanes) is 7. The maximum Gasteiger partial charge on any atom is 1.00 e. The van der Waals surface area contributed by atoms with Crippen LogP contribution in [0.2, 0.25) is 0 Å². The Hall–Kier alpha value is -1.05. The molecule has 0 amide bonds. The fourth-order valence-electron chi connectivity index (χ4n) is 3.17. The van der Waals surface area contributed by atoms with Gasteiger partial charge in [-0.25, -0.2) is 0 Å². The summed E-state index contributed by atoms with van der Waals surface area (Å²) < 4.78 is 38.7. The van der Waals surface area contributed by atoms with E-state index in [-0.39, 0.29) is 35.3 Å². The zero-order valence-electron chi connectivity index (χ0n) is 17.4. The molecule has 2 rings (SSSR count). The first-order chi connectivity index (χ1) is 13.4.